The van der Waals surface area contributed by atoms with Crippen LogP contribution in [0, 0.1) is 5.82 Å². The summed E-state index contributed by atoms with van der Waals surface area (Å²) in [6.07, 6.45) is 2.08. The largest absolute Gasteiger partial charge is 0.457 e. The highest BCUT2D eigenvalue weighted by atomic mass is 35.5. The Morgan fingerprint density at radius 1 is 1.10 bits per heavy atom. The summed E-state index contributed by atoms with van der Waals surface area (Å²) in [6, 6.07) is 14.4. The van der Waals surface area contributed by atoms with Crippen LogP contribution in [0.3, 0.4) is 0 Å². The summed E-state index contributed by atoms with van der Waals surface area (Å²) >= 11 is 5.69. The fourth-order valence-electron chi connectivity index (χ4n) is 2.64. The molecule has 8 heteroatoms. The fourth-order valence-corrected chi connectivity index (χ4v) is 2.80. The van der Waals surface area contributed by atoms with Crippen LogP contribution in [0.5, 0.6) is 11.5 Å². The van der Waals surface area contributed by atoms with Crippen molar-refractivity contribution in [3.05, 3.63) is 88.5 Å². The molecule has 0 aliphatic carbocycles. The molecule has 0 atom stereocenters. The number of carbonyl (C=O) groups excluding carboxylic acids is 2. The van der Waals surface area contributed by atoms with Crippen LogP contribution < -0.4 is 20.8 Å². The lowest BCUT2D eigenvalue weighted by Crippen LogP contribution is -2.26. The third kappa shape index (κ3) is 5.52. The van der Waals surface area contributed by atoms with E-state index in [4.69, 9.17) is 22.1 Å². The average molecular weight is 415 g/mol. The van der Waals surface area contributed by atoms with E-state index in [2.05, 4.69) is 10.3 Å². The molecule has 0 spiro atoms. The predicted octanol–water partition coefficient (Wildman–Crippen LogP) is 3.16. The number of benzene rings is 2. The maximum atomic E-state index is 13.8. The average Bonchev–Trinajstić information content (AvgIpc) is 2.68. The van der Waals surface area contributed by atoms with Crippen molar-refractivity contribution in [3.63, 3.8) is 0 Å². The second kappa shape index (κ2) is 9.16. The van der Waals surface area contributed by atoms with E-state index in [1.165, 1.54) is 18.2 Å². The number of halogens is 2. The maximum absolute atomic E-state index is 13.8. The topological polar surface area (TPSA) is 95.6 Å². The number of pyridine rings is 1. The highest BCUT2D eigenvalue weighted by Crippen LogP contribution is 2.22. The SMILES string of the molecule is NC(=O)c1cc(Oc2cccc(CCNC(=O)c3ccc(Cl)cc3F)c2)cc[nH+]1. The molecule has 1 heterocycles. The highest BCUT2D eigenvalue weighted by Gasteiger charge is 2.12. The van der Waals surface area contributed by atoms with Crippen molar-refractivity contribution in [1.29, 1.82) is 0 Å². The van der Waals surface area contributed by atoms with Gasteiger partial charge in [0.25, 0.3) is 11.6 Å². The standard InChI is InChI=1S/C21H17ClFN3O3/c22-14-4-5-17(18(23)11-14)21(28)26-8-6-13-2-1-3-15(10-13)29-16-7-9-25-19(12-16)20(24)27/h1-5,7,9-12H,6,8H2,(H2,24,27)(H,26,28)/p+1. The quantitative estimate of drug-likeness (QED) is 0.621. The molecule has 0 aliphatic heterocycles. The van der Waals surface area contributed by atoms with Crippen LogP contribution in [0.1, 0.15) is 26.4 Å². The Kier molecular flexibility index (Phi) is 6.41. The van der Waals surface area contributed by atoms with Crippen LogP contribution >= 0.6 is 11.6 Å². The molecule has 0 fully saturated rings. The summed E-state index contributed by atoms with van der Waals surface area (Å²) in [5.74, 6) is -0.732. The number of nitrogens with two attached hydrogens (primary N) is 1. The van der Waals surface area contributed by atoms with Crippen molar-refractivity contribution in [1.82, 2.24) is 5.32 Å². The van der Waals surface area contributed by atoms with Gasteiger partial charge in [0, 0.05) is 17.6 Å². The molecule has 3 aromatic rings. The summed E-state index contributed by atoms with van der Waals surface area (Å²) in [7, 11) is 0. The molecule has 0 saturated carbocycles. The number of nitrogens with one attached hydrogen (secondary N) is 2. The van der Waals surface area contributed by atoms with Gasteiger partial charge in [-0.3, -0.25) is 9.59 Å². The minimum atomic E-state index is -0.666. The smallest absolute Gasteiger partial charge is 0.313 e. The molecule has 3 rings (SSSR count). The normalized spacial score (nSPS) is 10.4. The first kappa shape index (κ1) is 20.3. The summed E-state index contributed by atoms with van der Waals surface area (Å²) in [6.45, 7) is 0.316. The molecule has 0 radical (unpaired) electrons. The van der Waals surface area contributed by atoms with Gasteiger partial charge in [-0.15, -0.1) is 0 Å². The molecule has 0 aliphatic rings. The zero-order valence-corrected chi connectivity index (χ0v) is 16.0. The molecule has 1 aromatic heterocycles. The summed E-state index contributed by atoms with van der Waals surface area (Å²) in [4.78, 5) is 26.1. The number of H-pyrrole nitrogens is 1. The van der Waals surface area contributed by atoms with E-state index in [1.807, 2.05) is 18.2 Å². The lowest BCUT2D eigenvalue weighted by atomic mass is 10.1. The summed E-state index contributed by atoms with van der Waals surface area (Å²) in [5.41, 5.74) is 6.34. The number of carbonyl (C=O) groups is 2. The van der Waals surface area contributed by atoms with Crippen molar-refractivity contribution in [2.45, 2.75) is 6.42 Å². The van der Waals surface area contributed by atoms with Crippen LogP contribution in [0.2, 0.25) is 5.02 Å². The predicted molar refractivity (Wildman–Crippen MR) is 105 cm³/mol. The van der Waals surface area contributed by atoms with Gasteiger partial charge < -0.3 is 15.8 Å². The fraction of sp³-hybridized carbons (Fsp3) is 0.0952. The lowest BCUT2D eigenvalue weighted by Gasteiger charge is -2.09. The van der Waals surface area contributed by atoms with Crippen LogP contribution in [-0.4, -0.2) is 18.4 Å². The van der Waals surface area contributed by atoms with Gasteiger partial charge in [0.05, 0.1) is 11.6 Å². The Morgan fingerprint density at radius 2 is 1.90 bits per heavy atom. The number of hydrogen-bond donors (Lipinski definition) is 2. The van der Waals surface area contributed by atoms with Crippen LogP contribution in [-0.2, 0) is 6.42 Å². The van der Waals surface area contributed by atoms with Crippen molar-refractivity contribution >= 4 is 23.4 Å². The van der Waals surface area contributed by atoms with Gasteiger partial charge in [-0.25, -0.2) is 9.37 Å². The number of primary amides is 1. The Morgan fingerprint density at radius 3 is 2.66 bits per heavy atom. The van der Waals surface area contributed by atoms with E-state index in [-0.39, 0.29) is 16.3 Å². The summed E-state index contributed by atoms with van der Waals surface area (Å²) in [5, 5.41) is 2.91. The van der Waals surface area contributed by atoms with Crippen molar-refractivity contribution in [2.75, 3.05) is 6.54 Å². The summed E-state index contributed by atoms with van der Waals surface area (Å²) < 4.78 is 19.6. The second-order valence-corrected chi connectivity index (χ2v) is 6.62. The van der Waals surface area contributed by atoms with Gasteiger partial charge in [0.2, 0.25) is 0 Å². The van der Waals surface area contributed by atoms with Crippen LogP contribution in [0.15, 0.2) is 60.8 Å². The van der Waals surface area contributed by atoms with Crippen LogP contribution in [0.25, 0.3) is 0 Å². The van der Waals surface area contributed by atoms with Crippen molar-refractivity contribution in [3.8, 4) is 11.5 Å². The molecule has 29 heavy (non-hydrogen) atoms. The van der Waals surface area contributed by atoms with E-state index in [1.54, 1.807) is 18.3 Å². The van der Waals surface area contributed by atoms with E-state index >= 15 is 0 Å². The van der Waals surface area contributed by atoms with Crippen molar-refractivity contribution < 1.29 is 23.7 Å². The van der Waals surface area contributed by atoms with Gasteiger partial charge in [0.1, 0.15) is 17.3 Å². The molecule has 2 aromatic carbocycles. The number of aromatic amines is 1. The molecule has 0 unspecified atom stereocenters. The molecule has 0 bridgehead atoms. The molecule has 6 nitrogen and oxygen atoms in total. The molecule has 2 amide bonds. The molecular weight excluding hydrogens is 397 g/mol. The van der Waals surface area contributed by atoms with Crippen molar-refractivity contribution in [2.24, 2.45) is 5.73 Å². The molecule has 0 saturated heterocycles. The van der Waals surface area contributed by atoms with Gasteiger partial charge in [-0.05, 0) is 42.3 Å². The Balaban J connectivity index is 1.59. The number of hydrogen-bond acceptors (Lipinski definition) is 3. The van der Waals surface area contributed by atoms with Gasteiger partial charge in [-0.2, -0.15) is 0 Å². The first-order valence-electron chi connectivity index (χ1n) is 8.74. The van der Waals surface area contributed by atoms with Gasteiger partial charge in [-0.1, -0.05) is 23.7 Å². The van der Waals surface area contributed by atoms with Crippen LogP contribution in [0.4, 0.5) is 4.39 Å². The van der Waals surface area contributed by atoms with Gasteiger partial charge in [0.15, 0.2) is 6.20 Å². The number of rotatable bonds is 7. The number of aromatic nitrogens is 1. The Hall–Kier alpha value is -3.45. The number of amides is 2. The second-order valence-electron chi connectivity index (χ2n) is 6.18. The molecule has 4 N–H and O–H groups in total. The first-order chi connectivity index (χ1) is 13.9. The molecular formula is C21H18ClFN3O3+. The molecule has 148 valence electrons. The first-order valence-corrected chi connectivity index (χ1v) is 9.12. The van der Waals surface area contributed by atoms with E-state index in [9.17, 15) is 14.0 Å². The Labute approximate surface area is 171 Å². The highest BCUT2D eigenvalue weighted by molar-refractivity contribution is 6.30. The maximum Gasteiger partial charge on any atom is 0.313 e. The van der Waals surface area contributed by atoms with E-state index in [0.29, 0.717) is 24.5 Å². The zero-order valence-electron chi connectivity index (χ0n) is 15.2. The lowest BCUT2D eigenvalue weighted by molar-refractivity contribution is -0.382. The number of ether oxygens (including phenoxy) is 1. The van der Waals surface area contributed by atoms with E-state index in [0.717, 1.165) is 11.6 Å². The third-order valence-corrected chi connectivity index (χ3v) is 4.28. The Bertz CT molecular complexity index is 1060. The monoisotopic (exact) mass is 414 g/mol. The zero-order chi connectivity index (χ0) is 20.8. The minimum Gasteiger partial charge on any atom is -0.457 e. The minimum absolute atomic E-state index is 0.0578. The van der Waals surface area contributed by atoms with Gasteiger partial charge >= 0.3 is 5.91 Å². The van der Waals surface area contributed by atoms with E-state index < -0.39 is 17.6 Å². The third-order valence-electron chi connectivity index (χ3n) is 4.05.